The summed E-state index contributed by atoms with van der Waals surface area (Å²) >= 11 is 1.55. The second-order valence-corrected chi connectivity index (χ2v) is 8.87. The van der Waals surface area contributed by atoms with Crippen molar-refractivity contribution in [2.75, 3.05) is 30.9 Å². The average Bonchev–Trinajstić information content (AvgIpc) is 3.19. The quantitative estimate of drug-likeness (QED) is 0.255. The third-order valence-electron chi connectivity index (χ3n) is 5.10. The van der Waals surface area contributed by atoms with Gasteiger partial charge in [0.25, 0.3) is 0 Å². The summed E-state index contributed by atoms with van der Waals surface area (Å²) in [7, 11) is 0. The molecule has 0 bridgehead atoms. The van der Waals surface area contributed by atoms with Gasteiger partial charge in [-0.3, -0.25) is 0 Å². The number of thioether (sulfide) groups is 1. The van der Waals surface area contributed by atoms with Gasteiger partial charge in [0, 0.05) is 5.70 Å². The topological polar surface area (TPSA) is 87.5 Å². The summed E-state index contributed by atoms with van der Waals surface area (Å²) < 4.78 is 19.1. The van der Waals surface area contributed by atoms with Gasteiger partial charge in [-0.25, -0.2) is 9.48 Å². The summed E-state index contributed by atoms with van der Waals surface area (Å²) in [4.78, 5) is 17.8. The van der Waals surface area contributed by atoms with Gasteiger partial charge in [0.15, 0.2) is 11.5 Å². The summed E-state index contributed by atoms with van der Waals surface area (Å²) in [5, 5.41) is 8.60. The third kappa shape index (κ3) is 5.82. The number of fused-ring (bicyclic) bond motifs is 1. The SMILES string of the molecule is CCCCOC(=O)C1=C(C)Nc2nc(SCC)nn2C1c1ccc(OCCC)c(OCC)c1. The number of benzene rings is 1. The summed E-state index contributed by atoms with van der Waals surface area (Å²) in [6.07, 6.45) is 2.67. The van der Waals surface area contributed by atoms with Gasteiger partial charge in [0.05, 0.1) is 25.4 Å². The minimum atomic E-state index is -0.492. The molecule has 1 aromatic heterocycles. The van der Waals surface area contributed by atoms with Gasteiger partial charge < -0.3 is 19.5 Å². The first-order valence-electron chi connectivity index (χ1n) is 11.7. The number of nitrogens with one attached hydrogen (secondary N) is 1. The Morgan fingerprint density at radius 3 is 2.64 bits per heavy atom. The molecular weight excluding hydrogens is 440 g/mol. The maximum Gasteiger partial charge on any atom is 0.338 e. The zero-order chi connectivity index (χ0) is 23.8. The van der Waals surface area contributed by atoms with Gasteiger partial charge in [-0.15, -0.1) is 5.10 Å². The van der Waals surface area contributed by atoms with Crippen molar-refractivity contribution < 1.29 is 19.0 Å². The Labute approximate surface area is 200 Å². The van der Waals surface area contributed by atoms with Crippen LogP contribution in [0.3, 0.4) is 0 Å². The predicted octanol–water partition coefficient (Wildman–Crippen LogP) is 5.21. The van der Waals surface area contributed by atoms with Crippen molar-refractivity contribution in [1.29, 1.82) is 0 Å². The van der Waals surface area contributed by atoms with E-state index in [1.807, 2.05) is 32.0 Å². The Kier molecular flexibility index (Phi) is 9.05. The van der Waals surface area contributed by atoms with Gasteiger partial charge in [-0.1, -0.05) is 45.0 Å². The fourth-order valence-electron chi connectivity index (χ4n) is 3.58. The van der Waals surface area contributed by atoms with E-state index in [9.17, 15) is 4.79 Å². The number of anilines is 1. The van der Waals surface area contributed by atoms with E-state index in [1.165, 1.54) is 0 Å². The number of esters is 1. The zero-order valence-corrected chi connectivity index (χ0v) is 21.0. The fraction of sp³-hybridized carbons (Fsp3) is 0.542. The van der Waals surface area contributed by atoms with Gasteiger partial charge in [-0.2, -0.15) is 4.98 Å². The lowest BCUT2D eigenvalue weighted by Crippen LogP contribution is -2.30. The fourth-order valence-corrected chi connectivity index (χ4v) is 4.13. The monoisotopic (exact) mass is 474 g/mol. The van der Waals surface area contributed by atoms with E-state index in [0.717, 1.165) is 30.6 Å². The van der Waals surface area contributed by atoms with Gasteiger partial charge in [0.2, 0.25) is 11.1 Å². The molecule has 1 unspecified atom stereocenters. The molecule has 9 heteroatoms. The molecule has 1 N–H and O–H groups in total. The van der Waals surface area contributed by atoms with Crippen LogP contribution in [0.2, 0.25) is 0 Å². The largest absolute Gasteiger partial charge is 0.490 e. The van der Waals surface area contributed by atoms with Crippen molar-refractivity contribution in [2.45, 2.75) is 65.1 Å². The van der Waals surface area contributed by atoms with Crippen LogP contribution in [0.1, 0.15) is 65.5 Å². The molecule has 1 atom stereocenters. The number of carbonyl (C=O) groups excluding carboxylic acids is 1. The van der Waals surface area contributed by atoms with Crippen molar-refractivity contribution in [3.63, 3.8) is 0 Å². The lowest BCUT2D eigenvalue weighted by atomic mass is 9.95. The maximum atomic E-state index is 13.2. The van der Waals surface area contributed by atoms with Crippen molar-refractivity contribution in [1.82, 2.24) is 14.8 Å². The smallest absolute Gasteiger partial charge is 0.338 e. The second kappa shape index (κ2) is 12.0. The molecule has 0 aliphatic carbocycles. The van der Waals surface area contributed by atoms with E-state index in [4.69, 9.17) is 19.3 Å². The molecule has 1 aliphatic heterocycles. The molecule has 8 nitrogen and oxygen atoms in total. The highest BCUT2D eigenvalue weighted by Crippen LogP contribution is 2.40. The Hall–Kier alpha value is -2.68. The molecule has 1 aromatic carbocycles. The van der Waals surface area contributed by atoms with Crippen molar-refractivity contribution in [3.8, 4) is 11.5 Å². The first-order valence-corrected chi connectivity index (χ1v) is 12.7. The maximum absolute atomic E-state index is 13.2. The van der Waals surface area contributed by atoms with E-state index in [-0.39, 0.29) is 5.97 Å². The number of unbranched alkanes of at least 4 members (excludes halogenated alkanes) is 1. The van der Waals surface area contributed by atoms with Crippen LogP contribution in [-0.4, -0.2) is 46.3 Å². The molecule has 0 saturated carbocycles. The van der Waals surface area contributed by atoms with Crippen molar-refractivity contribution in [2.24, 2.45) is 0 Å². The van der Waals surface area contributed by atoms with Crippen molar-refractivity contribution in [3.05, 3.63) is 35.0 Å². The van der Waals surface area contributed by atoms with Gasteiger partial charge in [0.1, 0.15) is 6.04 Å². The number of aromatic nitrogens is 3. The second-order valence-electron chi connectivity index (χ2n) is 7.64. The number of hydrogen-bond donors (Lipinski definition) is 1. The standard InChI is InChI=1S/C24H34N4O4S/c1-6-10-14-32-22(29)20-16(5)25-23-26-24(33-9-4)27-28(23)21(20)17-11-12-18(31-13-7-2)19(15-17)30-8-3/h11-12,15,21H,6-10,13-14H2,1-5H3,(H,25,26,27). The number of carbonyl (C=O) groups is 1. The lowest BCUT2D eigenvalue weighted by Gasteiger charge is -2.28. The highest BCUT2D eigenvalue weighted by molar-refractivity contribution is 7.99. The van der Waals surface area contributed by atoms with Gasteiger partial charge in [-0.05, 0) is 50.1 Å². The first-order chi connectivity index (χ1) is 16.0. The van der Waals surface area contributed by atoms with Crippen LogP contribution in [0.25, 0.3) is 0 Å². The Balaban J connectivity index is 2.07. The van der Waals surface area contributed by atoms with Crippen LogP contribution in [0.15, 0.2) is 34.6 Å². The third-order valence-corrected chi connectivity index (χ3v) is 5.82. The number of nitrogens with zero attached hydrogens (tertiary/aromatic N) is 3. The van der Waals surface area contributed by atoms with Gasteiger partial charge >= 0.3 is 5.97 Å². The molecule has 3 rings (SSSR count). The summed E-state index contributed by atoms with van der Waals surface area (Å²) in [6.45, 7) is 11.5. The molecule has 0 amide bonds. The van der Waals surface area contributed by atoms with E-state index in [1.54, 1.807) is 16.4 Å². The Bertz CT molecular complexity index is 989. The minimum Gasteiger partial charge on any atom is -0.490 e. The summed E-state index contributed by atoms with van der Waals surface area (Å²) in [6, 6.07) is 5.28. The van der Waals surface area contributed by atoms with Crippen molar-refractivity contribution >= 4 is 23.7 Å². The molecule has 180 valence electrons. The highest BCUT2D eigenvalue weighted by Gasteiger charge is 2.35. The predicted molar refractivity (Wildman–Crippen MR) is 130 cm³/mol. The lowest BCUT2D eigenvalue weighted by molar-refractivity contribution is -0.139. The van der Waals surface area contributed by atoms with E-state index < -0.39 is 6.04 Å². The molecule has 2 heterocycles. The number of allylic oxidation sites excluding steroid dienone is 1. The van der Waals surface area contributed by atoms with Crippen LogP contribution in [0.4, 0.5) is 5.95 Å². The highest BCUT2D eigenvalue weighted by atomic mass is 32.2. The molecule has 0 spiro atoms. The normalized spacial score (nSPS) is 15.1. The Morgan fingerprint density at radius 1 is 1.12 bits per heavy atom. The summed E-state index contributed by atoms with van der Waals surface area (Å²) in [5.74, 6) is 2.43. The first kappa shape index (κ1) is 25.0. The molecule has 1 aliphatic rings. The van der Waals surface area contributed by atoms with Crippen LogP contribution in [0.5, 0.6) is 11.5 Å². The van der Waals surface area contributed by atoms with E-state index in [0.29, 0.717) is 53.7 Å². The molecule has 33 heavy (non-hydrogen) atoms. The molecule has 0 saturated heterocycles. The number of rotatable bonds is 12. The van der Waals surface area contributed by atoms with E-state index in [2.05, 4.69) is 31.1 Å². The minimum absolute atomic E-state index is 0.353. The van der Waals surface area contributed by atoms with Crippen LogP contribution in [0, 0.1) is 0 Å². The molecule has 2 aromatic rings. The average molecular weight is 475 g/mol. The van der Waals surface area contributed by atoms with Crippen LogP contribution in [-0.2, 0) is 9.53 Å². The number of ether oxygens (including phenoxy) is 3. The number of hydrogen-bond acceptors (Lipinski definition) is 8. The Morgan fingerprint density at radius 2 is 1.94 bits per heavy atom. The van der Waals surface area contributed by atoms with Crippen LogP contribution >= 0.6 is 11.8 Å². The molecular formula is C24H34N4O4S. The van der Waals surface area contributed by atoms with Crippen LogP contribution < -0.4 is 14.8 Å². The zero-order valence-electron chi connectivity index (χ0n) is 20.1. The molecule has 0 radical (unpaired) electrons. The van der Waals surface area contributed by atoms with E-state index >= 15 is 0 Å². The molecule has 0 fully saturated rings. The summed E-state index contributed by atoms with van der Waals surface area (Å²) in [5.41, 5.74) is 2.07.